The number of nitrogens with one attached hydrogen (secondary N) is 1. The second kappa shape index (κ2) is 9.52. The SMILES string of the molecule is NC(=O)C1CCC(CNC(=O)CCCOc2ccccc2Cl)CC1. The third kappa shape index (κ3) is 6.04. The summed E-state index contributed by atoms with van der Waals surface area (Å²) in [4.78, 5) is 23.0. The number of nitrogens with two attached hydrogens (primary N) is 1. The van der Waals surface area contributed by atoms with Crippen LogP contribution in [0.25, 0.3) is 0 Å². The van der Waals surface area contributed by atoms with Crippen molar-refractivity contribution < 1.29 is 14.3 Å². The van der Waals surface area contributed by atoms with Crippen LogP contribution in [0.5, 0.6) is 5.75 Å². The van der Waals surface area contributed by atoms with E-state index >= 15 is 0 Å². The molecule has 1 aromatic carbocycles. The molecule has 1 aliphatic rings. The van der Waals surface area contributed by atoms with Gasteiger partial charge < -0.3 is 15.8 Å². The summed E-state index contributed by atoms with van der Waals surface area (Å²) in [5, 5.41) is 3.55. The van der Waals surface area contributed by atoms with Crippen molar-refractivity contribution in [3.63, 3.8) is 0 Å². The third-order valence-electron chi connectivity index (χ3n) is 4.48. The van der Waals surface area contributed by atoms with Crippen LogP contribution in [0, 0.1) is 11.8 Å². The van der Waals surface area contributed by atoms with Crippen molar-refractivity contribution in [3.8, 4) is 5.75 Å². The molecule has 0 aromatic heterocycles. The number of carbonyl (C=O) groups excluding carboxylic acids is 2. The third-order valence-corrected chi connectivity index (χ3v) is 4.79. The Kier molecular flexibility index (Phi) is 7.37. The minimum Gasteiger partial charge on any atom is -0.492 e. The molecule has 2 rings (SSSR count). The van der Waals surface area contributed by atoms with E-state index in [4.69, 9.17) is 22.1 Å². The highest BCUT2D eigenvalue weighted by Gasteiger charge is 2.24. The summed E-state index contributed by atoms with van der Waals surface area (Å²) in [7, 11) is 0. The molecule has 132 valence electrons. The van der Waals surface area contributed by atoms with Crippen molar-refractivity contribution in [1.82, 2.24) is 5.32 Å². The smallest absolute Gasteiger partial charge is 0.220 e. The van der Waals surface area contributed by atoms with E-state index in [0.717, 1.165) is 25.7 Å². The molecule has 1 saturated carbocycles. The minimum atomic E-state index is -0.198. The van der Waals surface area contributed by atoms with E-state index in [1.165, 1.54) is 0 Å². The van der Waals surface area contributed by atoms with Crippen LogP contribution in [0.3, 0.4) is 0 Å². The van der Waals surface area contributed by atoms with Crippen molar-refractivity contribution in [2.45, 2.75) is 38.5 Å². The van der Waals surface area contributed by atoms with E-state index < -0.39 is 0 Å². The van der Waals surface area contributed by atoms with Gasteiger partial charge in [-0.05, 0) is 50.2 Å². The molecule has 0 radical (unpaired) electrons. The van der Waals surface area contributed by atoms with Gasteiger partial charge in [-0.3, -0.25) is 9.59 Å². The van der Waals surface area contributed by atoms with Gasteiger partial charge in [0.15, 0.2) is 0 Å². The van der Waals surface area contributed by atoms with Crippen molar-refractivity contribution >= 4 is 23.4 Å². The summed E-state index contributed by atoms with van der Waals surface area (Å²) in [5.74, 6) is 0.944. The van der Waals surface area contributed by atoms with Gasteiger partial charge in [0.05, 0.1) is 11.6 Å². The van der Waals surface area contributed by atoms with Gasteiger partial charge in [0.2, 0.25) is 11.8 Å². The van der Waals surface area contributed by atoms with E-state index in [0.29, 0.717) is 42.7 Å². The van der Waals surface area contributed by atoms with Crippen molar-refractivity contribution in [2.24, 2.45) is 17.6 Å². The summed E-state index contributed by atoms with van der Waals surface area (Å²) in [6.45, 7) is 1.14. The van der Waals surface area contributed by atoms with E-state index in [1.54, 1.807) is 6.07 Å². The van der Waals surface area contributed by atoms with Gasteiger partial charge in [0, 0.05) is 18.9 Å². The average Bonchev–Trinajstić information content (AvgIpc) is 2.58. The summed E-state index contributed by atoms with van der Waals surface area (Å²) >= 11 is 6.00. The predicted octanol–water partition coefficient (Wildman–Crippen LogP) is 2.91. The van der Waals surface area contributed by atoms with Gasteiger partial charge in [0.25, 0.3) is 0 Å². The lowest BCUT2D eigenvalue weighted by Gasteiger charge is -2.26. The number of carbonyl (C=O) groups is 2. The predicted molar refractivity (Wildman–Crippen MR) is 93.8 cm³/mol. The minimum absolute atomic E-state index is 0.0129. The Balaban J connectivity index is 1.56. The van der Waals surface area contributed by atoms with Crippen LogP contribution in [0.4, 0.5) is 0 Å². The molecular formula is C18H25ClN2O3. The Morgan fingerprint density at radius 2 is 1.92 bits per heavy atom. The molecule has 5 nitrogen and oxygen atoms in total. The fourth-order valence-electron chi connectivity index (χ4n) is 2.97. The molecule has 2 amide bonds. The second-order valence-electron chi connectivity index (χ2n) is 6.31. The summed E-state index contributed by atoms with van der Waals surface area (Å²) in [5.41, 5.74) is 5.33. The molecule has 0 bridgehead atoms. The highest BCUT2D eigenvalue weighted by molar-refractivity contribution is 6.32. The van der Waals surface area contributed by atoms with Crippen LogP contribution in [-0.4, -0.2) is 25.0 Å². The van der Waals surface area contributed by atoms with Crippen LogP contribution in [0.2, 0.25) is 5.02 Å². The molecular weight excluding hydrogens is 328 g/mol. The zero-order chi connectivity index (χ0) is 17.4. The summed E-state index contributed by atoms with van der Waals surface area (Å²) in [6.07, 6.45) is 4.64. The number of amides is 2. The maximum absolute atomic E-state index is 11.9. The molecule has 6 heteroatoms. The van der Waals surface area contributed by atoms with E-state index in [-0.39, 0.29) is 17.7 Å². The van der Waals surface area contributed by atoms with Crippen molar-refractivity contribution in [3.05, 3.63) is 29.3 Å². The van der Waals surface area contributed by atoms with Crippen molar-refractivity contribution in [2.75, 3.05) is 13.2 Å². The first kappa shape index (κ1) is 18.6. The van der Waals surface area contributed by atoms with Crippen LogP contribution < -0.4 is 15.8 Å². The molecule has 0 heterocycles. The lowest BCUT2D eigenvalue weighted by atomic mass is 9.81. The molecule has 24 heavy (non-hydrogen) atoms. The molecule has 1 fully saturated rings. The molecule has 1 aromatic rings. The first-order valence-corrected chi connectivity index (χ1v) is 8.87. The first-order chi connectivity index (χ1) is 11.6. The highest BCUT2D eigenvalue weighted by Crippen LogP contribution is 2.28. The van der Waals surface area contributed by atoms with Gasteiger partial charge in [-0.25, -0.2) is 0 Å². The zero-order valence-corrected chi connectivity index (χ0v) is 14.6. The Hall–Kier alpha value is -1.75. The lowest BCUT2D eigenvalue weighted by Crippen LogP contribution is -2.33. The number of halogens is 1. The molecule has 1 aliphatic carbocycles. The van der Waals surface area contributed by atoms with Gasteiger partial charge in [-0.15, -0.1) is 0 Å². The van der Waals surface area contributed by atoms with Gasteiger partial charge in [-0.2, -0.15) is 0 Å². The number of para-hydroxylation sites is 1. The highest BCUT2D eigenvalue weighted by atomic mass is 35.5. The Morgan fingerprint density at radius 3 is 2.58 bits per heavy atom. The fraction of sp³-hybridized carbons (Fsp3) is 0.556. The molecule has 3 N–H and O–H groups in total. The lowest BCUT2D eigenvalue weighted by molar-refractivity contribution is -0.124. The van der Waals surface area contributed by atoms with Crippen LogP contribution in [-0.2, 0) is 9.59 Å². The van der Waals surface area contributed by atoms with Crippen LogP contribution in [0.1, 0.15) is 38.5 Å². The monoisotopic (exact) mass is 352 g/mol. The molecule has 0 aliphatic heterocycles. The Morgan fingerprint density at radius 1 is 1.21 bits per heavy atom. The number of hydrogen-bond acceptors (Lipinski definition) is 3. The van der Waals surface area contributed by atoms with Crippen LogP contribution in [0.15, 0.2) is 24.3 Å². The number of ether oxygens (including phenoxy) is 1. The quantitative estimate of drug-likeness (QED) is 0.706. The van der Waals surface area contributed by atoms with Gasteiger partial charge in [-0.1, -0.05) is 23.7 Å². The first-order valence-electron chi connectivity index (χ1n) is 8.49. The Bertz CT molecular complexity index is 557. The number of rotatable bonds is 8. The van der Waals surface area contributed by atoms with E-state index in [2.05, 4.69) is 5.32 Å². The zero-order valence-electron chi connectivity index (χ0n) is 13.8. The summed E-state index contributed by atoms with van der Waals surface area (Å²) < 4.78 is 5.56. The van der Waals surface area contributed by atoms with Crippen molar-refractivity contribution in [1.29, 1.82) is 0 Å². The number of hydrogen-bond donors (Lipinski definition) is 2. The van der Waals surface area contributed by atoms with E-state index in [9.17, 15) is 9.59 Å². The number of benzene rings is 1. The molecule has 0 spiro atoms. The fourth-order valence-corrected chi connectivity index (χ4v) is 3.16. The van der Waals surface area contributed by atoms with E-state index in [1.807, 2.05) is 18.2 Å². The topological polar surface area (TPSA) is 81.4 Å². The maximum atomic E-state index is 11.9. The maximum Gasteiger partial charge on any atom is 0.220 e. The van der Waals surface area contributed by atoms with Crippen LogP contribution >= 0.6 is 11.6 Å². The van der Waals surface area contributed by atoms with Gasteiger partial charge in [0.1, 0.15) is 5.75 Å². The molecule has 0 unspecified atom stereocenters. The summed E-state index contributed by atoms with van der Waals surface area (Å²) in [6, 6.07) is 7.29. The standard InChI is InChI=1S/C18H25ClN2O3/c19-15-4-1-2-5-16(15)24-11-3-6-17(22)21-12-13-7-9-14(10-8-13)18(20)23/h1-2,4-5,13-14H,3,6-12H2,(H2,20,23)(H,21,22). The normalized spacial score (nSPS) is 20.4. The molecule has 0 atom stereocenters. The van der Waals surface area contributed by atoms with Gasteiger partial charge >= 0.3 is 0 Å². The largest absolute Gasteiger partial charge is 0.492 e. The molecule has 0 saturated heterocycles. The second-order valence-corrected chi connectivity index (χ2v) is 6.71. The Labute approximate surface area is 147 Å². The number of primary amides is 1. The average molecular weight is 353 g/mol.